The second-order valence-corrected chi connectivity index (χ2v) is 3.91. The van der Waals surface area contributed by atoms with Gasteiger partial charge in [0.25, 0.3) is 0 Å². The minimum atomic E-state index is -4.34. The Bertz CT molecular complexity index is 273. The molecule has 100 valence electrons. The van der Waals surface area contributed by atoms with Crippen LogP contribution in [0.2, 0.25) is 0 Å². The minimum Gasteiger partial charge on any atom is -0.453 e. The fourth-order valence-electron chi connectivity index (χ4n) is 1.90. The number of hydrogen-bond donors (Lipinski definition) is 2. The number of halogens is 3. The van der Waals surface area contributed by atoms with Gasteiger partial charge in [-0.2, -0.15) is 13.2 Å². The third kappa shape index (κ3) is 3.74. The van der Waals surface area contributed by atoms with Gasteiger partial charge in [0.05, 0.1) is 7.11 Å². The normalized spacial score (nSPS) is 23.5. The highest BCUT2D eigenvalue weighted by molar-refractivity contribution is 5.67. The number of carbonyl (C=O) groups excluding carboxylic acids is 1. The largest absolute Gasteiger partial charge is 0.453 e. The molecule has 2 atom stereocenters. The Morgan fingerprint density at radius 1 is 1.65 bits per heavy atom. The molecule has 1 aliphatic rings. The summed E-state index contributed by atoms with van der Waals surface area (Å²) in [5.41, 5.74) is 5.14. The monoisotopic (exact) mass is 255 g/mol. The van der Waals surface area contributed by atoms with Crippen LogP contribution in [0.1, 0.15) is 6.42 Å². The van der Waals surface area contributed by atoms with Crippen molar-refractivity contribution in [3.05, 3.63) is 0 Å². The predicted octanol–water partition coefficient (Wildman–Crippen LogP) is 0.306. The molecule has 1 aliphatic heterocycles. The van der Waals surface area contributed by atoms with Crippen LogP contribution in [0.15, 0.2) is 0 Å². The number of nitrogens with one attached hydrogen (secondary N) is 1. The van der Waals surface area contributed by atoms with Crippen molar-refractivity contribution in [1.82, 2.24) is 10.2 Å². The van der Waals surface area contributed by atoms with E-state index in [4.69, 9.17) is 5.73 Å². The molecule has 0 saturated carbocycles. The van der Waals surface area contributed by atoms with Crippen LogP contribution in [-0.4, -0.2) is 56.0 Å². The number of likely N-dealkylation sites (tertiary alicyclic amines) is 1. The molecule has 0 aromatic rings. The zero-order valence-electron chi connectivity index (χ0n) is 9.46. The average molecular weight is 255 g/mol. The second kappa shape index (κ2) is 5.54. The first-order chi connectivity index (χ1) is 7.88. The molecule has 8 heteroatoms. The molecule has 0 aromatic carbocycles. The van der Waals surface area contributed by atoms with Crippen LogP contribution in [0.25, 0.3) is 0 Å². The molecule has 0 bridgehead atoms. The topological polar surface area (TPSA) is 67.6 Å². The average Bonchev–Trinajstić information content (AvgIpc) is 2.65. The maximum atomic E-state index is 12.6. The zero-order valence-corrected chi connectivity index (χ0v) is 9.46. The summed E-state index contributed by atoms with van der Waals surface area (Å²) < 4.78 is 42.2. The number of ether oxygens (including phenoxy) is 1. The van der Waals surface area contributed by atoms with E-state index in [0.717, 1.165) is 0 Å². The molecule has 1 heterocycles. The van der Waals surface area contributed by atoms with Crippen molar-refractivity contribution in [3.63, 3.8) is 0 Å². The molecule has 1 amide bonds. The van der Waals surface area contributed by atoms with E-state index < -0.39 is 24.9 Å². The maximum Gasteiger partial charge on any atom is 0.407 e. The van der Waals surface area contributed by atoms with E-state index >= 15 is 0 Å². The van der Waals surface area contributed by atoms with Crippen molar-refractivity contribution in [2.24, 2.45) is 5.73 Å². The Labute approximate surface area is 97.1 Å². The Morgan fingerprint density at radius 2 is 2.29 bits per heavy atom. The first kappa shape index (κ1) is 14.0. The zero-order chi connectivity index (χ0) is 13.1. The van der Waals surface area contributed by atoms with E-state index in [2.05, 4.69) is 10.1 Å². The molecular weight excluding hydrogens is 239 g/mol. The number of carbonyl (C=O) groups is 1. The molecular formula is C9H16F3N3O2. The van der Waals surface area contributed by atoms with E-state index in [-0.39, 0.29) is 19.1 Å². The number of nitrogens with zero attached hydrogens (tertiary/aromatic N) is 1. The summed E-state index contributed by atoms with van der Waals surface area (Å²) in [5.74, 6) is 0. The molecule has 1 saturated heterocycles. The van der Waals surface area contributed by atoms with Gasteiger partial charge in [-0.05, 0) is 6.42 Å². The van der Waals surface area contributed by atoms with Gasteiger partial charge in [-0.3, -0.25) is 4.90 Å². The lowest BCUT2D eigenvalue weighted by molar-refractivity contribution is -0.178. The quantitative estimate of drug-likeness (QED) is 0.761. The summed E-state index contributed by atoms with van der Waals surface area (Å²) in [7, 11) is 1.21. The number of methoxy groups -OCH3 is 1. The van der Waals surface area contributed by atoms with Crippen molar-refractivity contribution in [2.75, 3.05) is 26.7 Å². The van der Waals surface area contributed by atoms with Gasteiger partial charge in [0.1, 0.15) is 6.04 Å². The van der Waals surface area contributed by atoms with Crippen molar-refractivity contribution >= 4 is 6.09 Å². The summed E-state index contributed by atoms with van der Waals surface area (Å²) >= 11 is 0. The summed E-state index contributed by atoms with van der Waals surface area (Å²) in [6.45, 7) is -0.0824. The first-order valence-electron chi connectivity index (χ1n) is 5.23. The second-order valence-electron chi connectivity index (χ2n) is 3.91. The molecule has 0 radical (unpaired) electrons. The van der Waals surface area contributed by atoms with Gasteiger partial charge in [-0.25, -0.2) is 4.79 Å². The van der Waals surface area contributed by atoms with Crippen molar-refractivity contribution in [2.45, 2.75) is 24.7 Å². The number of hydrogen-bond acceptors (Lipinski definition) is 4. The Balaban J connectivity index is 2.51. The standard InChI is InChI=1S/C9H16F3N3O2/c1-17-8(16)14-6-2-3-15(5-6)7(4-13)9(10,11)12/h6-7H,2-5,13H2,1H3,(H,14,16). The summed E-state index contributed by atoms with van der Waals surface area (Å²) in [6.07, 6.45) is -4.51. The molecule has 0 aliphatic carbocycles. The number of rotatable bonds is 3. The van der Waals surface area contributed by atoms with E-state index in [1.54, 1.807) is 0 Å². The smallest absolute Gasteiger partial charge is 0.407 e. The van der Waals surface area contributed by atoms with Crippen LogP contribution in [0.4, 0.5) is 18.0 Å². The fourth-order valence-corrected chi connectivity index (χ4v) is 1.90. The van der Waals surface area contributed by atoms with Gasteiger partial charge in [0.15, 0.2) is 0 Å². The van der Waals surface area contributed by atoms with E-state index in [0.29, 0.717) is 6.42 Å². The van der Waals surface area contributed by atoms with Crippen molar-refractivity contribution in [1.29, 1.82) is 0 Å². The first-order valence-corrected chi connectivity index (χ1v) is 5.23. The maximum absolute atomic E-state index is 12.6. The van der Waals surface area contributed by atoms with Crippen molar-refractivity contribution < 1.29 is 22.7 Å². The predicted molar refractivity (Wildman–Crippen MR) is 54.4 cm³/mol. The van der Waals surface area contributed by atoms with Crippen LogP contribution in [0.5, 0.6) is 0 Å². The lowest BCUT2D eigenvalue weighted by Crippen LogP contribution is -2.50. The highest BCUT2D eigenvalue weighted by Gasteiger charge is 2.44. The lowest BCUT2D eigenvalue weighted by Gasteiger charge is -2.28. The highest BCUT2D eigenvalue weighted by Crippen LogP contribution is 2.26. The van der Waals surface area contributed by atoms with Crippen LogP contribution >= 0.6 is 0 Å². The van der Waals surface area contributed by atoms with Gasteiger partial charge in [0, 0.05) is 25.7 Å². The van der Waals surface area contributed by atoms with Gasteiger partial charge in [-0.15, -0.1) is 0 Å². The highest BCUT2D eigenvalue weighted by atomic mass is 19.4. The van der Waals surface area contributed by atoms with Crippen molar-refractivity contribution in [3.8, 4) is 0 Å². The summed E-state index contributed by atoms with van der Waals surface area (Å²) in [6, 6.07) is -1.97. The molecule has 3 N–H and O–H groups in total. The third-order valence-corrected chi connectivity index (χ3v) is 2.77. The molecule has 2 unspecified atom stereocenters. The number of alkyl carbamates (subject to hydrolysis) is 1. The van der Waals surface area contributed by atoms with Gasteiger partial charge in [-0.1, -0.05) is 0 Å². The fraction of sp³-hybridized carbons (Fsp3) is 0.889. The van der Waals surface area contributed by atoms with Crippen LogP contribution in [0.3, 0.4) is 0 Å². The van der Waals surface area contributed by atoms with Crippen LogP contribution in [-0.2, 0) is 4.74 Å². The van der Waals surface area contributed by atoms with Crippen LogP contribution < -0.4 is 11.1 Å². The third-order valence-electron chi connectivity index (χ3n) is 2.77. The molecule has 17 heavy (non-hydrogen) atoms. The molecule has 1 rings (SSSR count). The van der Waals surface area contributed by atoms with Gasteiger partial charge >= 0.3 is 12.3 Å². The Hall–Kier alpha value is -1.02. The number of alkyl halides is 3. The molecule has 1 fully saturated rings. The molecule has 5 nitrogen and oxygen atoms in total. The van der Waals surface area contributed by atoms with Crippen LogP contribution in [0, 0.1) is 0 Å². The van der Waals surface area contributed by atoms with E-state index in [1.165, 1.54) is 12.0 Å². The number of nitrogens with two attached hydrogens (primary N) is 1. The SMILES string of the molecule is COC(=O)NC1CCN(C(CN)C(F)(F)F)C1. The lowest BCUT2D eigenvalue weighted by atomic mass is 10.2. The number of amides is 1. The summed E-state index contributed by atoms with van der Waals surface area (Å²) in [4.78, 5) is 12.1. The van der Waals surface area contributed by atoms with Gasteiger partial charge < -0.3 is 15.8 Å². The minimum absolute atomic E-state index is 0.135. The Kier molecular flexibility index (Phi) is 4.58. The molecule has 0 aromatic heterocycles. The van der Waals surface area contributed by atoms with E-state index in [1.807, 2.05) is 0 Å². The summed E-state index contributed by atoms with van der Waals surface area (Å²) in [5, 5.41) is 2.48. The Morgan fingerprint density at radius 3 is 2.76 bits per heavy atom. The van der Waals surface area contributed by atoms with E-state index in [9.17, 15) is 18.0 Å². The van der Waals surface area contributed by atoms with Gasteiger partial charge in [0.2, 0.25) is 0 Å². The molecule has 0 spiro atoms.